The van der Waals surface area contributed by atoms with E-state index in [0.29, 0.717) is 66.8 Å². The Morgan fingerprint density at radius 3 is 2.41 bits per heavy atom. The average Bonchev–Trinajstić information content (AvgIpc) is 3.13. The van der Waals surface area contributed by atoms with E-state index in [-0.39, 0.29) is 11.2 Å². The Morgan fingerprint density at radius 2 is 1.75 bits per heavy atom. The molecule has 32 heavy (non-hydrogen) atoms. The molecule has 0 saturated carbocycles. The summed E-state index contributed by atoms with van der Waals surface area (Å²) in [5.74, 6) is 7.61. The number of benzene rings is 1. The minimum Gasteiger partial charge on any atom is -0.493 e. The van der Waals surface area contributed by atoms with Crippen molar-refractivity contribution in [3.05, 3.63) is 50.4 Å². The number of aromatic nitrogens is 4. The van der Waals surface area contributed by atoms with Gasteiger partial charge in [0.2, 0.25) is 0 Å². The number of hydrogen-bond acceptors (Lipinski definition) is 6. The van der Waals surface area contributed by atoms with E-state index in [1.54, 1.807) is 38.0 Å². The Hall–Kier alpha value is -3.51. The molecule has 3 rings (SSSR count). The normalized spacial score (nSPS) is 10.8. The molecule has 2 aromatic heterocycles. The number of nitrogens with zero attached hydrogens (tertiary/aromatic N) is 4. The van der Waals surface area contributed by atoms with Gasteiger partial charge in [0.05, 0.1) is 27.4 Å². The monoisotopic (exact) mass is 440 g/mol. The van der Waals surface area contributed by atoms with Gasteiger partial charge in [0.15, 0.2) is 28.5 Å². The van der Waals surface area contributed by atoms with Crippen LogP contribution >= 0.6 is 0 Å². The first-order chi connectivity index (χ1) is 15.5. The molecule has 1 aromatic carbocycles. The lowest BCUT2D eigenvalue weighted by molar-refractivity contribution is 0.138. The summed E-state index contributed by atoms with van der Waals surface area (Å²) in [7, 11) is 4.85. The van der Waals surface area contributed by atoms with E-state index < -0.39 is 0 Å². The van der Waals surface area contributed by atoms with Gasteiger partial charge < -0.3 is 18.8 Å². The predicted octanol–water partition coefficient (Wildman–Crippen LogP) is 1.76. The van der Waals surface area contributed by atoms with Crippen molar-refractivity contribution in [3.8, 4) is 23.3 Å². The smallest absolute Gasteiger partial charge is 0.332 e. The summed E-state index contributed by atoms with van der Waals surface area (Å²) >= 11 is 0. The molecule has 3 aromatic rings. The van der Waals surface area contributed by atoms with Gasteiger partial charge in [0.25, 0.3) is 5.56 Å². The number of imidazole rings is 1. The van der Waals surface area contributed by atoms with Crippen LogP contribution in [0.25, 0.3) is 11.2 Å². The first-order valence-corrected chi connectivity index (χ1v) is 10.5. The number of aryl methyl sites for hydroxylation is 1. The third-order valence-corrected chi connectivity index (χ3v) is 5.05. The van der Waals surface area contributed by atoms with E-state index in [0.717, 1.165) is 0 Å². The molecule has 0 amide bonds. The number of rotatable bonds is 8. The fraction of sp³-hybridized carbons (Fsp3) is 0.435. The van der Waals surface area contributed by atoms with Gasteiger partial charge in [-0.2, -0.15) is 0 Å². The summed E-state index contributed by atoms with van der Waals surface area (Å²) in [5, 5.41) is 0. The lowest BCUT2D eigenvalue weighted by atomic mass is 10.2. The molecule has 0 aliphatic heterocycles. The molecule has 0 unspecified atom stereocenters. The molecule has 0 radical (unpaired) electrons. The van der Waals surface area contributed by atoms with Crippen molar-refractivity contribution in [2.75, 3.05) is 27.4 Å². The maximum absolute atomic E-state index is 13.1. The molecule has 0 aliphatic rings. The van der Waals surface area contributed by atoms with Crippen LogP contribution in [0, 0.1) is 11.8 Å². The quantitative estimate of drug-likeness (QED) is 0.392. The zero-order valence-corrected chi connectivity index (χ0v) is 19.1. The van der Waals surface area contributed by atoms with Crippen molar-refractivity contribution in [2.24, 2.45) is 7.05 Å². The van der Waals surface area contributed by atoms with Crippen LogP contribution < -0.4 is 20.7 Å². The Balaban J connectivity index is 2.15. The highest BCUT2D eigenvalue weighted by atomic mass is 16.5. The van der Waals surface area contributed by atoms with Crippen LogP contribution in [-0.2, 0) is 24.9 Å². The number of methoxy groups -OCH3 is 2. The summed E-state index contributed by atoms with van der Waals surface area (Å²) in [5.41, 5.74) is 0.597. The lowest BCUT2D eigenvalue weighted by Gasteiger charge is -2.11. The summed E-state index contributed by atoms with van der Waals surface area (Å²) in [6, 6.07) is 5.34. The van der Waals surface area contributed by atoms with Crippen LogP contribution in [-0.4, -0.2) is 46.1 Å². The van der Waals surface area contributed by atoms with Gasteiger partial charge in [-0.3, -0.25) is 13.9 Å². The van der Waals surface area contributed by atoms with Crippen LogP contribution in [0.15, 0.2) is 27.8 Å². The van der Waals surface area contributed by atoms with Gasteiger partial charge in [-0.05, 0) is 37.5 Å². The molecule has 0 aliphatic carbocycles. The largest absolute Gasteiger partial charge is 0.493 e. The van der Waals surface area contributed by atoms with Crippen molar-refractivity contribution in [3.63, 3.8) is 0 Å². The third-order valence-electron chi connectivity index (χ3n) is 5.05. The Morgan fingerprint density at radius 1 is 1.00 bits per heavy atom. The number of hydrogen-bond donors (Lipinski definition) is 0. The SMILES string of the molecule is CCCn1c(=O)c2c(nc(C#Cc3ccc(OC)c(OC)c3)n2C)n(CCOCC)c1=O. The number of ether oxygens (including phenoxy) is 3. The van der Waals surface area contributed by atoms with E-state index in [1.165, 1.54) is 9.13 Å². The standard InChI is InChI=1S/C23H28N4O5/c1-6-12-27-22(28)20-21(26(23(27)29)13-14-32-7-2)24-19(25(20)3)11-9-16-8-10-17(30-4)18(15-16)31-5/h8,10,15H,6-7,12-14H2,1-5H3. The highest BCUT2D eigenvalue weighted by molar-refractivity contribution is 5.72. The first-order valence-electron chi connectivity index (χ1n) is 10.5. The van der Waals surface area contributed by atoms with Crippen molar-refractivity contribution in [1.82, 2.24) is 18.7 Å². The highest BCUT2D eigenvalue weighted by Gasteiger charge is 2.19. The van der Waals surface area contributed by atoms with Crippen LogP contribution in [0.4, 0.5) is 0 Å². The molecule has 9 nitrogen and oxygen atoms in total. The molecule has 0 atom stereocenters. The van der Waals surface area contributed by atoms with Crippen molar-refractivity contribution in [1.29, 1.82) is 0 Å². The van der Waals surface area contributed by atoms with Crippen molar-refractivity contribution < 1.29 is 14.2 Å². The second kappa shape index (κ2) is 10.2. The van der Waals surface area contributed by atoms with Gasteiger partial charge in [-0.15, -0.1) is 0 Å². The molecule has 0 bridgehead atoms. The second-order valence-electron chi connectivity index (χ2n) is 7.07. The average molecular weight is 441 g/mol. The van der Waals surface area contributed by atoms with Crippen LogP contribution in [0.5, 0.6) is 11.5 Å². The van der Waals surface area contributed by atoms with E-state index in [1.807, 2.05) is 19.9 Å². The van der Waals surface area contributed by atoms with Crippen LogP contribution in [0.2, 0.25) is 0 Å². The molecule has 0 saturated heterocycles. The van der Waals surface area contributed by atoms with Gasteiger partial charge >= 0.3 is 5.69 Å². The Bertz CT molecular complexity index is 1290. The van der Waals surface area contributed by atoms with Crippen molar-refractivity contribution >= 4 is 11.2 Å². The van der Waals surface area contributed by atoms with Gasteiger partial charge in [-0.1, -0.05) is 12.8 Å². The lowest BCUT2D eigenvalue weighted by Crippen LogP contribution is -2.41. The Labute approximate surface area is 186 Å². The van der Waals surface area contributed by atoms with E-state index >= 15 is 0 Å². The van der Waals surface area contributed by atoms with Gasteiger partial charge in [0.1, 0.15) is 0 Å². The maximum Gasteiger partial charge on any atom is 0.332 e. The zero-order chi connectivity index (χ0) is 23.3. The van der Waals surface area contributed by atoms with Gasteiger partial charge in [0, 0.05) is 25.8 Å². The fourth-order valence-electron chi connectivity index (χ4n) is 3.44. The van der Waals surface area contributed by atoms with E-state index in [4.69, 9.17) is 14.2 Å². The molecule has 0 fully saturated rings. The van der Waals surface area contributed by atoms with Crippen LogP contribution in [0.1, 0.15) is 31.7 Å². The molecule has 0 N–H and O–H groups in total. The van der Waals surface area contributed by atoms with Crippen LogP contribution in [0.3, 0.4) is 0 Å². The third kappa shape index (κ3) is 4.41. The predicted molar refractivity (Wildman–Crippen MR) is 122 cm³/mol. The molecule has 2 heterocycles. The maximum atomic E-state index is 13.1. The molecular formula is C23H28N4O5. The second-order valence-corrected chi connectivity index (χ2v) is 7.07. The molecule has 170 valence electrons. The Kier molecular flexibility index (Phi) is 7.38. The molecular weight excluding hydrogens is 412 g/mol. The number of fused-ring (bicyclic) bond motifs is 1. The highest BCUT2D eigenvalue weighted by Crippen LogP contribution is 2.27. The van der Waals surface area contributed by atoms with E-state index in [9.17, 15) is 9.59 Å². The molecule has 0 spiro atoms. The summed E-state index contributed by atoms with van der Waals surface area (Å²) < 4.78 is 20.4. The summed E-state index contributed by atoms with van der Waals surface area (Å²) in [6.07, 6.45) is 0.663. The minimum absolute atomic E-state index is 0.298. The first kappa shape index (κ1) is 23.2. The fourth-order valence-corrected chi connectivity index (χ4v) is 3.44. The van der Waals surface area contributed by atoms with E-state index in [2.05, 4.69) is 16.8 Å². The van der Waals surface area contributed by atoms with Crippen molar-refractivity contribution in [2.45, 2.75) is 33.4 Å². The zero-order valence-electron chi connectivity index (χ0n) is 19.1. The topological polar surface area (TPSA) is 89.5 Å². The molecule has 9 heteroatoms. The summed E-state index contributed by atoms with van der Waals surface area (Å²) in [4.78, 5) is 30.6. The summed E-state index contributed by atoms with van der Waals surface area (Å²) in [6.45, 7) is 5.32. The minimum atomic E-state index is -0.387. The van der Waals surface area contributed by atoms with Gasteiger partial charge in [-0.25, -0.2) is 9.78 Å².